The van der Waals surface area contributed by atoms with Gasteiger partial charge < -0.3 is 4.74 Å². The summed E-state index contributed by atoms with van der Waals surface area (Å²) in [6.07, 6.45) is 1.36. The third kappa shape index (κ3) is 3.34. The molecule has 0 spiro atoms. The predicted molar refractivity (Wildman–Crippen MR) is 89.0 cm³/mol. The first-order valence-corrected chi connectivity index (χ1v) is 8.17. The number of ether oxygens (including phenoxy) is 1. The Morgan fingerprint density at radius 1 is 1.35 bits per heavy atom. The topological polar surface area (TPSA) is 78.3 Å². The maximum atomic E-state index is 12.6. The van der Waals surface area contributed by atoms with Crippen molar-refractivity contribution >= 4 is 33.3 Å². The molecular formula is C16H20N2O4S. The minimum atomic E-state index is -0.534. The van der Waals surface area contributed by atoms with E-state index in [1.165, 1.54) is 10.9 Å². The van der Waals surface area contributed by atoms with E-state index in [-0.39, 0.29) is 24.5 Å². The molecule has 0 bridgehead atoms. The number of hydrogen-bond acceptors (Lipinski definition) is 6. The molecule has 0 saturated carbocycles. The van der Waals surface area contributed by atoms with Gasteiger partial charge in [-0.25, -0.2) is 9.78 Å². The van der Waals surface area contributed by atoms with Gasteiger partial charge in [-0.2, -0.15) is 0 Å². The molecule has 0 aliphatic carbocycles. The first-order chi connectivity index (χ1) is 10.7. The number of rotatable bonds is 4. The molecule has 0 saturated heterocycles. The van der Waals surface area contributed by atoms with Gasteiger partial charge in [0.25, 0.3) is 5.56 Å². The van der Waals surface area contributed by atoms with Crippen LogP contribution in [-0.4, -0.2) is 27.9 Å². The van der Waals surface area contributed by atoms with Crippen LogP contribution in [0.1, 0.15) is 42.9 Å². The lowest BCUT2D eigenvalue weighted by atomic mass is 9.91. The fourth-order valence-electron chi connectivity index (χ4n) is 2.06. The molecule has 6 nitrogen and oxygen atoms in total. The van der Waals surface area contributed by atoms with E-state index < -0.39 is 11.4 Å². The number of aromatic nitrogens is 2. The molecule has 23 heavy (non-hydrogen) atoms. The van der Waals surface area contributed by atoms with E-state index in [1.54, 1.807) is 34.6 Å². The van der Waals surface area contributed by atoms with Crippen LogP contribution < -0.4 is 5.56 Å². The summed E-state index contributed by atoms with van der Waals surface area (Å²) in [6, 6.07) is 0. The lowest BCUT2D eigenvalue weighted by Gasteiger charge is -2.17. The minimum absolute atomic E-state index is 0.0324. The summed E-state index contributed by atoms with van der Waals surface area (Å²) < 4.78 is 6.29. The van der Waals surface area contributed by atoms with Gasteiger partial charge in [-0.15, -0.1) is 11.3 Å². The normalized spacial score (nSPS) is 11.7. The van der Waals surface area contributed by atoms with Crippen LogP contribution in [0.2, 0.25) is 0 Å². The second-order valence-corrected chi connectivity index (χ2v) is 7.31. The summed E-state index contributed by atoms with van der Waals surface area (Å²) in [5.74, 6) is -0.510. The largest absolute Gasteiger partial charge is 0.462 e. The first-order valence-electron chi connectivity index (χ1n) is 7.35. The number of carbonyl (C=O) groups is 2. The van der Waals surface area contributed by atoms with Crippen molar-refractivity contribution in [2.24, 2.45) is 5.41 Å². The van der Waals surface area contributed by atoms with Gasteiger partial charge in [-0.3, -0.25) is 14.2 Å². The lowest BCUT2D eigenvalue weighted by Crippen LogP contribution is -2.30. The molecule has 2 aromatic heterocycles. The van der Waals surface area contributed by atoms with Crippen LogP contribution >= 0.6 is 11.3 Å². The van der Waals surface area contributed by atoms with E-state index in [1.807, 2.05) is 0 Å². The van der Waals surface area contributed by atoms with Gasteiger partial charge in [0, 0.05) is 5.41 Å². The number of fused-ring (bicyclic) bond motifs is 1. The molecule has 0 aromatic carbocycles. The van der Waals surface area contributed by atoms with Crippen LogP contribution in [0.4, 0.5) is 0 Å². The molecule has 0 unspecified atom stereocenters. The SMILES string of the molecule is CCOC(=O)c1sc2ncn(CC(=O)C(C)(C)C)c(=O)c2c1C. The highest BCUT2D eigenvalue weighted by Crippen LogP contribution is 2.27. The molecule has 2 heterocycles. The van der Waals surface area contributed by atoms with E-state index >= 15 is 0 Å². The lowest BCUT2D eigenvalue weighted by molar-refractivity contribution is -0.126. The van der Waals surface area contributed by atoms with Gasteiger partial charge in [0.05, 0.1) is 24.9 Å². The zero-order valence-electron chi connectivity index (χ0n) is 13.9. The zero-order valence-corrected chi connectivity index (χ0v) is 14.7. The van der Waals surface area contributed by atoms with Crippen molar-refractivity contribution in [2.75, 3.05) is 6.61 Å². The van der Waals surface area contributed by atoms with Gasteiger partial charge in [0.1, 0.15) is 9.71 Å². The molecule has 2 rings (SSSR count). The molecule has 0 radical (unpaired) electrons. The highest BCUT2D eigenvalue weighted by molar-refractivity contribution is 7.20. The van der Waals surface area contributed by atoms with Gasteiger partial charge in [-0.05, 0) is 19.4 Å². The Bertz CT molecular complexity index is 827. The first kappa shape index (κ1) is 17.3. The van der Waals surface area contributed by atoms with Crippen LogP contribution in [-0.2, 0) is 16.1 Å². The van der Waals surface area contributed by atoms with Crippen molar-refractivity contribution in [2.45, 2.75) is 41.2 Å². The minimum Gasteiger partial charge on any atom is -0.462 e. The summed E-state index contributed by atoms with van der Waals surface area (Å²) in [5.41, 5.74) is -0.288. The fraction of sp³-hybridized carbons (Fsp3) is 0.500. The highest BCUT2D eigenvalue weighted by Gasteiger charge is 2.24. The number of thiophene rings is 1. The van der Waals surface area contributed by atoms with Crippen molar-refractivity contribution in [3.05, 3.63) is 27.1 Å². The number of esters is 1. The zero-order chi connectivity index (χ0) is 17.4. The van der Waals surface area contributed by atoms with Crippen LogP contribution in [0.3, 0.4) is 0 Å². The van der Waals surface area contributed by atoms with Crippen LogP contribution in [0.5, 0.6) is 0 Å². The van der Waals surface area contributed by atoms with E-state index in [4.69, 9.17) is 4.74 Å². The van der Waals surface area contributed by atoms with Crippen molar-refractivity contribution in [1.82, 2.24) is 9.55 Å². The van der Waals surface area contributed by atoms with Crippen molar-refractivity contribution in [1.29, 1.82) is 0 Å². The second kappa shape index (κ2) is 6.23. The maximum absolute atomic E-state index is 12.6. The van der Waals surface area contributed by atoms with E-state index in [0.29, 0.717) is 20.7 Å². The summed E-state index contributed by atoms with van der Waals surface area (Å²) >= 11 is 1.14. The summed E-state index contributed by atoms with van der Waals surface area (Å²) in [4.78, 5) is 41.8. The molecule has 0 aliphatic heterocycles. The average Bonchev–Trinajstić information content (AvgIpc) is 2.79. The number of nitrogens with zero attached hydrogens (tertiary/aromatic N) is 2. The number of hydrogen-bond donors (Lipinski definition) is 0. The van der Waals surface area contributed by atoms with E-state index in [9.17, 15) is 14.4 Å². The van der Waals surface area contributed by atoms with Crippen molar-refractivity contribution in [3.63, 3.8) is 0 Å². The summed E-state index contributed by atoms with van der Waals surface area (Å²) in [6.45, 7) is 9.08. The predicted octanol–water partition coefficient (Wildman–Crippen LogP) is 2.56. The molecule has 0 amide bonds. The van der Waals surface area contributed by atoms with Crippen LogP contribution in [0, 0.1) is 12.3 Å². The number of ketones is 1. The van der Waals surface area contributed by atoms with Crippen molar-refractivity contribution in [3.8, 4) is 0 Å². The van der Waals surface area contributed by atoms with E-state index in [0.717, 1.165) is 11.3 Å². The maximum Gasteiger partial charge on any atom is 0.348 e. The number of carbonyl (C=O) groups excluding carboxylic acids is 2. The monoisotopic (exact) mass is 336 g/mol. The standard InChI is InChI=1S/C16H20N2O4S/c1-6-22-15(21)12-9(2)11-13(23-12)17-8-18(14(11)20)7-10(19)16(3,4)5/h8H,6-7H2,1-5H3. The summed E-state index contributed by atoms with van der Waals surface area (Å²) in [7, 11) is 0. The fourth-order valence-corrected chi connectivity index (χ4v) is 3.09. The average molecular weight is 336 g/mol. The Hall–Kier alpha value is -2.02. The quantitative estimate of drug-likeness (QED) is 0.802. The molecule has 0 aliphatic rings. The molecule has 0 fully saturated rings. The smallest absolute Gasteiger partial charge is 0.348 e. The Morgan fingerprint density at radius 3 is 2.57 bits per heavy atom. The number of aryl methyl sites for hydroxylation is 1. The Balaban J connectivity index is 2.51. The molecule has 0 N–H and O–H groups in total. The Morgan fingerprint density at radius 2 is 2.00 bits per heavy atom. The molecule has 7 heteroatoms. The number of Topliss-reactive ketones (excluding diaryl/α,β-unsaturated/α-hetero) is 1. The van der Waals surface area contributed by atoms with Crippen LogP contribution in [0.15, 0.2) is 11.1 Å². The molecular weight excluding hydrogens is 316 g/mol. The third-order valence-corrected chi connectivity index (χ3v) is 4.71. The second-order valence-electron chi connectivity index (χ2n) is 6.31. The Kier molecular flexibility index (Phi) is 4.70. The Labute approximate surface area is 138 Å². The molecule has 2 aromatic rings. The third-order valence-electron chi connectivity index (χ3n) is 3.53. The van der Waals surface area contributed by atoms with Crippen molar-refractivity contribution < 1.29 is 14.3 Å². The molecule has 124 valence electrons. The van der Waals surface area contributed by atoms with E-state index in [2.05, 4.69) is 4.98 Å². The van der Waals surface area contributed by atoms with Gasteiger partial charge in [-0.1, -0.05) is 20.8 Å². The summed E-state index contributed by atoms with van der Waals surface area (Å²) in [5, 5.41) is 0.377. The molecule has 0 atom stereocenters. The highest BCUT2D eigenvalue weighted by atomic mass is 32.1. The van der Waals surface area contributed by atoms with Gasteiger partial charge in [0.2, 0.25) is 0 Å². The van der Waals surface area contributed by atoms with Crippen LogP contribution in [0.25, 0.3) is 10.2 Å². The van der Waals surface area contributed by atoms with Gasteiger partial charge >= 0.3 is 5.97 Å². The van der Waals surface area contributed by atoms with Gasteiger partial charge in [0.15, 0.2) is 5.78 Å².